The van der Waals surface area contributed by atoms with E-state index in [0.717, 1.165) is 70.6 Å². The van der Waals surface area contributed by atoms with Crippen LogP contribution in [0.2, 0.25) is 0 Å². The fourth-order valence-electron chi connectivity index (χ4n) is 7.31. The number of carboxylic acids is 1. The molecule has 0 aliphatic carbocycles. The normalized spacial score (nSPS) is 12.2. The van der Waals surface area contributed by atoms with E-state index in [2.05, 4.69) is 43.5 Å². The van der Waals surface area contributed by atoms with E-state index in [4.69, 9.17) is 9.84 Å². The van der Waals surface area contributed by atoms with Crippen molar-refractivity contribution in [3.05, 3.63) is 24.3 Å². The van der Waals surface area contributed by atoms with E-state index in [-0.39, 0.29) is 24.5 Å². The van der Waals surface area contributed by atoms with E-state index in [9.17, 15) is 14.4 Å². The monoisotopic (exact) mass is 774 g/mol. The zero-order valence-corrected chi connectivity index (χ0v) is 36.5. The molecular formula is C49H91NO5. The van der Waals surface area contributed by atoms with Gasteiger partial charge in [0.2, 0.25) is 5.91 Å². The van der Waals surface area contributed by atoms with Gasteiger partial charge in [-0.25, -0.2) is 0 Å². The number of rotatable bonds is 44. The molecule has 0 rings (SSSR count). The Morgan fingerprint density at radius 1 is 0.473 bits per heavy atom. The van der Waals surface area contributed by atoms with Gasteiger partial charge >= 0.3 is 11.9 Å². The SMILES string of the molecule is CCCCCCC/C=C\C/C=C\CCCCCCCCCCCCCC(=O)OC(CCCCCCCCCCCC)CCCCCCCC(=O)NCC(=O)O. The molecule has 6 heteroatoms. The number of amides is 1. The Kier molecular flexibility index (Phi) is 42.9. The number of hydrogen-bond acceptors (Lipinski definition) is 4. The molecule has 1 atom stereocenters. The molecule has 2 N–H and O–H groups in total. The fourth-order valence-corrected chi connectivity index (χ4v) is 7.31. The van der Waals surface area contributed by atoms with Gasteiger partial charge in [-0.1, -0.05) is 199 Å². The number of ether oxygens (including phenoxy) is 1. The summed E-state index contributed by atoms with van der Waals surface area (Å²) in [6, 6.07) is 0. The highest BCUT2D eigenvalue weighted by molar-refractivity contribution is 5.80. The van der Waals surface area contributed by atoms with Crippen LogP contribution in [0.25, 0.3) is 0 Å². The molecule has 0 bridgehead atoms. The van der Waals surface area contributed by atoms with Crippen molar-refractivity contribution in [3.63, 3.8) is 0 Å². The van der Waals surface area contributed by atoms with Crippen LogP contribution in [0, 0.1) is 0 Å². The van der Waals surface area contributed by atoms with Crippen molar-refractivity contribution in [2.45, 2.75) is 264 Å². The highest BCUT2D eigenvalue weighted by Gasteiger charge is 2.14. The number of allylic oxidation sites excluding steroid dienone is 4. The van der Waals surface area contributed by atoms with Gasteiger partial charge < -0.3 is 15.2 Å². The number of carboxylic acid groups (broad SMARTS) is 1. The second-order valence-corrected chi connectivity index (χ2v) is 16.4. The number of carbonyl (C=O) groups excluding carboxylic acids is 2. The average molecular weight is 774 g/mol. The molecule has 1 unspecified atom stereocenters. The van der Waals surface area contributed by atoms with Crippen LogP contribution in [0.15, 0.2) is 24.3 Å². The first-order valence-electron chi connectivity index (χ1n) is 24.0. The number of hydrogen-bond donors (Lipinski definition) is 2. The highest BCUT2D eigenvalue weighted by Crippen LogP contribution is 2.19. The van der Waals surface area contributed by atoms with Crippen LogP contribution >= 0.6 is 0 Å². The first kappa shape index (κ1) is 52.9. The summed E-state index contributed by atoms with van der Waals surface area (Å²) in [5.74, 6) is -1.22. The number of esters is 1. The van der Waals surface area contributed by atoms with E-state index in [1.165, 1.54) is 161 Å². The maximum atomic E-state index is 12.8. The maximum Gasteiger partial charge on any atom is 0.322 e. The van der Waals surface area contributed by atoms with Gasteiger partial charge in [0.25, 0.3) is 0 Å². The second-order valence-electron chi connectivity index (χ2n) is 16.4. The average Bonchev–Trinajstić information content (AvgIpc) is 3.17. The minimum Gasteiger partial charge on any atom is -0.480 e. The molecule has 0 heterocycles. The Balaban J connectivity index is 3.98. The van der Waals surface area contributed by atoms with Gasteiger partial charge in [-0.15, -0.1) is 0 Å². The molecule has 6 nitrogen and oxygen atoms in total. The summed E-state index contributed by atoms with van der Waals surface area (Å²) in [7, 11) is 0. The number of carbonyl (C=O) groups is 3. The van der Waals surface area contributed by atoms with Gasteiger partial charge in [-0.05, 0) is 70.6 Å². The Labute approximate surface area is 341 Å². The molecule has 0 fully saturated rings. The van der Waals surface area contributed by atoms with Crippen molar-refractivity contribution in [1.29, 1.82) is 0 Å². The van der Waals surface area contributed by atoms with Crippen molar-refractivity contribution in [1.82, 2.24) is 5.32 Å². The molecule has 0 aromatic heterocycles. The van der Waals surface area contributed by atoms with Crippen LogP contribution in [0.1, 0.15) is 258 Å². The lowest BCUT2D eigenvalue weighted by atomic mass is 10.0. The van der Waals surface area contributed by atoms with Gasteiger partial charge in [0.15, 0.2) is 0 Å². The van der Waals surface area contributed by atoms with Gasteiger partial charge in [0, 0.05) is 12.8 Å². The van der Waals surface area contributed by atoms with Crippen molar-refractivity contribution >= 4 is 17.8 Å². The lowest BCUT2D eigenvalue weighted by Gasteiger charge is -2.18. The summed E-state index contributed by atoms with van der Waals surface area (Å²) in [5.41, 5.74) is 0. The zero-order valence-electron chi connectivity index (χ0n) is 36.5. The number of aliphatic carboxylic acids is 1. The summed E-state index contributed by atoms with van der Waals surface area (Å²) in [6.45, 7) is 4.23. The standard InChI is InChI=1S/C49H91NO5/c1-3-5-7-9-11-13-15-16-17-18-19-20-21-22-23-24-25-26-27-29-31-36-40-44-49(54)55-46(41-37-33-30-28-14-12-10-8-6-4-2)42-38-34-32-35-39-43-47(51)50-45-48(52)53/h15-16,18-19,46H,3-14,17,20-45H2,1-2H3,(H,50,51)(H,52,53)/b16-15-,19-18-. The smallest absolute Gasteiger partial charge is 0.322 e. The minimum atomic E-state index is -1.01. The third kappa shape index (κ3) is 44.5. The topological polar surface area (TPSA) is 92.7 Å². The molecule has 55 heavy (non-hydrogen) atoms. The summed E-state index contributed by atoms with van der Waals surface area (Å²) in [6.07, 6.45) is 54.6. The molecule has 0 saturated heterocycles. The van der Waals surface area contributed by atoms with Crippen LogP contribution in [-0.4, -0.2) is 35.6 Å². The van der Waals surface area contributed by atoms with Gasteiger partial charge in [-0.2, -0.15) is 0 Å². The van der Waals surface area contributed by atoms with E-state index in [1.807, 2.05) is 0 Å². The van der Waals surface area contributed by atoms with Gasteiger partial charge in [-0.3, -0.25) is 14.4 Å². The lowest BCUT2D eigenvalue weighted by molar-refractivity contribution is -0.150. The minimum absolute atomic E-state index is 0.0136. The molecule has 322 valence electrons. The number of nitrogens with one attached hydrogen (secondary N) is 1. The summed E-state index contributed by atoms with van der Waals surface area (Å²) in [5, 5.41) is 11.1. The van der Waals surface area contributed by atoms with E-state index in [0.29, 0.717) is 12.8 Å². The van der Waals surface area contributed by atoms with Crippen LogP contribution in [-0.2, 0) is 19.1 Å². The highest BCUT2D eigenvalue weighted by atomic mass is 16.5. The quantitative estimate of drug-likeness (QED) is 0.0365. The predicted molar refractivity (Wildman–Crippen MR) is 236 cm³/mol. The molecule has 0 aliphatic rings. The Morgan fingerprint density at radius 3 is 1.25 bits per heavy atom. The zero-order chi connectivity index (χ0) is 40.1. The Bertz CT molecular complexity index is 900. The molecule has 0 radical (unpaired) electrons. The van der Waals surface area contributed by atoms with Crippen LogP contribution in [0.3, 0.4) is 0 Å². The van der Waals surface area contributed by atoms with E-state index in [1.54, 1.807) is 0 Å². The second kappa shape index (κ2) is 44.6. The molecule has 0 aromatic rings. The Hall–Kier alpha value is -2.11. The van der Waals surface area contributed by atoms with Crippen molar-refractivity contribution < 1.29 is 24.2 Å². The molecule has 1 amide bonds. The molecule has 0 aromatic carbocycles. The van der Waals surface area contributed by atoms with Crippen molar-refractivity contribution in [2.75, 3.05) is 6.54 Å². The largest absolute Gasteiger partial charge is 0.480 e. The first-order chi connectivity index (χ1) is 27.0. The van der Waals surface area contributed by atoms with Crippen LogP contribution < -0.4 is 5.32 Å². The molecule has 0 spiro atoms. The van der Waals surface area contributed by atoms with Gasteiger partial charge in [0.1, 0.15) is 12.6 Å². The van der Waals surface area contributed by atoms with Gasteiger partial charge in [0.05, 0.1) is 0 Å². The lowest BCUT2D eigenvalue weighted by Crippen LogP contribution is -2.28. The summed E-state index contributed by atoms with van der Waals surface area (Å²) >= 11 is 0. The molecule has 0 aliphatic heterocycles. The van der Waals surface area contributed by atoms with E-state index >= 15 is 0 Å². The third-order valence-corrected chi connectivity index (χ3v) is 10.9. The Morgan fingerprint density at radius 2 is 0.836 bits per heavy atom. The predicted octanol–water partition coefficient (Wildman–Crippen LogP) is 15.1. The summed E-state index contributed by atoms with van der Waals surface area (Å²) < 4.78 is 6.04. The first-order valence-corrected chi connectivity index (χ1v) is 24.0. The molecule has 0 saturated carbocycles. The third-order valence-electron chi connectivity index (χ3n) is 10.9. The van der Waals surface area contributed by atoms with Crippen molar-refractivity contribution in [2.24, 2.45) is 0 Å². The van der Waals surface area contributed by atoms with Crippen LogP contribution in [0.5, 0.6) is 0 Å². The summed E-state index contributed by atoms with van der Waals surface area (Å²) in [4.78, 5) is 35.1. The van der Waals surface area contributed by atoms with E-state index < -0.39 is 5.97 Å². The molecular weight excluding hydrogens is 683 g/mol. The fraction of sp³-hybridized carbons (Fsp3) is 0.857. The van der Waals surface area contributed by atoms with Crippen molar-refractivity contribution in [3.8, 4) is 0 Å². The number of unbranched alkanes of at least 4 members (excludes halogenated alkanes) is 29. The van der Waals surface area contributed by atoms with Crippen LogP contribution in [0.4, 0.5) is 0 Å². The maximum absolute atomic E-state index is 12.8.